The minimum Gasteiger partial charge on any atom is -0.486 e. The average Bonchev–Trinajstić information content (AvgIpc) is 3.07. The molecule has 1 fully saturated rings. The molecule has 1 atom stereocenters. The number of hydrogen-bond acceptors (Lipinski definition) is 4. The van der Waals surface area contributed by atoms with Crippen LogP contribution in [0.15, 0.2) is 42.5 Å². The van der Waals surface area contributed by atoms with Gasteiger partial charge in [-0.05, 0) is 24.3 Å². The molecule has 2 amide bonds. The van der Waals surface area contributed by atoms with E-state index in [9.17, 15) is 22.8 Å². The molecule has 2 aliphatic heterocycles. The van der Waals surface area contributed by atoms with Crippen LogP contribution in [0.2, 0.25) is 0 Å². The van der Waals surface area contributed by atoms with Gasteiger partial charge in [0.2, 0.25) is 5.91 Å². The molecule has 2 aromatic carbocycles. The summed E-state index contributed by atoms with van der Waals surface area (Å²) >= 11 is 0. The largest absolute Gasteiger partial charge is 0.486 e. The highest BCUT2D eigenvalue weighted by molar-refractivity contribution is 5.99. The molecule has 6 nitrogen and oxygen atoms in total. The number of ether oxygens (including phenoxy) is 2. The Kier molecular flexibility index (Phi) is 4.81. The van der Waals surface area contributed by atoms with Crippen molar-refractivity contribution in [1.29, 1.82) is 0 Å². The second-order valence-corrected chi connectivity index (χ2v) is 6.75. The highest BCUT2D eigenvalue weighted by atomic mass is 19.4. The van der Waals surface area contributed by atoms with Gasteiger partial charge in [-0.1, -0.05) is 12.1 Å². The Morgan fingerprint density at radius 3 is 2.55 bits per heavy atom. The van der Waals surface area contributed by atoms with Gasteiger partial charge in [-0.3, -0.25) is 9.59 Å². The van der Waals surface area contributed by atoms with Crippen LogP contribution in [0.1, 0.15) is 22.3 Å². The number of amides is 2. The van der Waals surface area contributed by atoms with E-state index < -0.39 is 29.3 Å². The molecule has 1 saturated heterocycles. The van der Waals surface area contributed by atoms with Gasteiger partial charge in [-0.25, -0.2) is 0 Å². The molecule has 0 aromatic heterocycles. The zero-order valence-corrected chi connectivity index (χ0v) is 15.2. The van der Waals surface area contributed by atoms with Crippen molar-refractivity contribution in [1.82, 2.24) is 5.32 Å². The predicted octanol–water partition coefficient (Wildman–Crippen LogP) is 3.01. The molecule has 29 heavy (non-hydrogen) atoms. The van der Waals surface area contributed by atoms with Crippen LogP contribution < -0.4 is 19.7 Å². The van der Waals surface area contributed by atoms with Crippen LogP contribution in [0.4, 0.5) is 18.9 Å². The molecule has 2 aliphatic rings. The number of fused-ring (bicyclic) bond motifs is 1. The molecule has 9 heteroatoms. The Morgan fingerprint density at radius 1 is 1.07 bits per heavy atom. The molecule has 152 valence electrons. The average molecular weight is 406 g/mol. The monoisotopic (exact) mass is 406 g/mol. The van der Waals surface area contributed by atoms with E-state index in [2.05, 4.69) is 5.32 Å². The third kappa shape index (κ3) is 3.85. The van der Waals surface area contributed by atoms with E-state index in [1.807, 2.05) is 0 Å². The lowest BCUT2D eigenvalue weighted by molar-refractivity contribution is -0.138. The summed E-state index contributed by atoms with van der Waals surface area (Å²) in [5, 5.41) is 2.54. The minimum absolute atomic E-state index is 0.00559. The number of rotatable bonds is 3. The zero-order valence-electron chi connectivity index (χ0n) is 15.2. The number of halogens is 3. The zero-order chi connectivity index (χ0) is 20.6. The predicted molar refractivity (Wildman–Crippen MR) is 97.1 cm³/mol. The number of nitrogens with zero attached hydrogens (tertiary/aromatic N) is 1. The number of carbonyl (C=O) groups is 2. The summed E-state index contributed by atoms with van der Waals surface area (Å²) in [7, 11) is 0. The van der Waals surface area contributed by atoms with Crippen molar-refractivity contribution in [3.63, 3.8) is 0 Å². The first kappa shape index (κ1) is 19.1. The molecule has 0 radical (unpaired) electrons. The van der Waals surface area contributed by atoms with Gasteiger partial charge < -0.3 is 19.7 Å². The Balaban J connectivity index is 1.49. The lowest BCUT2D eigenvalue weighted by atomic mass is 10.1. The molecule has 4 rings (SSSR count). The smallest absolute Gasteiger partial charge is 0.417 e. The molecule has 0 spiro atoms. The number of benzene rings is 2. The highest BCUT2D eigenvalue weighted by Crippen LogP contribution is 2.35. The van der Waals surface area contributed by atoms with E-state index in [1.165, 1.54) is 17.0 Å². The van der Waals surface area contributed by atoms with Crippen LogP contribution in [0, 0.1) is 0 Å². The van der Waals surface area contributed by atoms with Crippen LogP contribution in [0.3, 0.4) is 0 Å². The van der Waals surface area contributed by atoms with Gasteiger partial charge in [-0.15, -0.1) is 0 Å². The standard InChI is InChI=1S/C20H17F3N2O4/c21-20(22,23)15-4-2-1-3-14(15)19(27)24-12-9-18(26)25(11-12)13-5-6-16-17(10-13)29-8-7-28-16/h1-6,10,12H,7-9,11H2,(H,24,27)/t12-/m0/s1. The van der Waals surface area contributed by atoms with Gasteiger partial charge in [0.25, 0.3) is 5.91 Å². The topological polar surface area (TPSA) is 67.9 Å². The van der Waals surface area contributed by atoms with Gasteiger partial charge in [0, 0.05) is 24.7 Å². The van der Waals surface area contributed by atoms with Crippen molar-refractivity contribution < 1.29 is 32.2 Å². The first-order chi connectivity index (χ1) is 13.8. The number of hydrogen-bond donors (Lipinski definition) is 1. The van der Waals surface area contributed by atoms with Crippen molar-refractivity contribution in [2.75, 3.05) is 24.7 Å². The van der Waals surface area contributed by atoms with Crippen molar-refractivity contribution in [2.24, 2.45) is 0 Å². The minimum atomic E-state index is -4.64. The van der Waals surface area contributed by atoms with E-state index >= 15 is 0 Å². The summed E-state index contributed by atoms with van der Waals surface area (Å²) in [5.74, 6) is 0.00392. The van der Waals surface area contributed by atoms with Crippen LogP contribution >= 0.6 is 0 Å². The molecule has 0 unspecified atom stereocenters. The van der Waals surface area contributed by atoms with E-state index in [-0.39, 0.29) is 18.9 Å². The Bertz CT molecular complexity index is 961. The molecule has 0 saturated carbocycles. The lowest BCUT2D eigenvalue weighted by Crippen LogP contribution is -2.38. The van der Waals surface area contributed by atoms with Gasteiger partial charge in [-0.2, -0.15) is 13.2 Å². The fraction of sp³-hybridized carbons (Fsp3) is 0.300. The number of alkyl halides is 3. The maximum Gasteiger partial charge on any atom is 0.417 e. The van der Waals surface area contributed by atoms with Crippen LogP contribution in [-0.4, -0.2) is 37.6 Å². The van der Waals surface area contributed by atoms with Gasteiger partial charge in [0.15, 0.2) is 11.5 Å². The summed E-state index contributed by atoms with van der Waals surface area (Å²) < 4.78 is 50.4. The lowest BCUT2D eigenvalue weighted by Gasteiger charge is -2.22. The Morgan fingerprint density at radius 2 is 1.79 bits per heavy atom. The van der Waals surface area contributed by atoms with E-state index in [0.29, 0.717) is 30.4 Å². The maximum atomic E-state index is 13.1. The molecular weight excluding hydrogens is 389 g/mol. The fourth-order valence-corrected chi connectivity index (χ4v) is 3.45. The van der Waals surface area contributed by atoms with Gasteiger partial charge in [0.1, 0.15) is 13.2 Å². The van der Waals surface area contributed by atoms with Crippen LogP contribution in [-0.2, 0) is 11.0 Å². The van der Waals surface area contributed by atoms with Crippen molar-refractivity contribution >= 4 is 17.5 Å². The summed E-state index contributed by atoms with van der Waals surface area (Å²) in [6.07, 6.45) is -4.65. The number of anilines is 1. The third-order valence-electron chi connectivity index (χ3n) is 4.77. The van der Waals surface area contributed by atoms with Crippen LogP contribution in [0.25, 0.3) is 0 Å². The van der Waals surface area contributed by atoms with E-state index in [0.717, 1.165) is 12.1 Å². The van der Waals surface area contributed by atoms with Crippen LogP contribution in [0.5, 0.6) is 11.5 Å². The van der Waals surface area contributed by atoms with Gasteiger partial charge >= 0.3 is 6.18 Å². The molecule has 1 N–H and O–H groups in total. The second kappa shape index (κ2) is 7.31. The van der Waals surface area contributed by atoms with Crippen molar-refractivity contribution in [3.8, 4) is 11.5 Å². The van der Waals surface area contributed by atoms with E-state index in [1.54, 1.807) is 18.2 Å². The quantitative estimate of drug-likeness (QED) is 0.851. The van der Waals surface area contributed by atoms with Crippen molar-refractivity contribution in [2.45, 2.75) is 18.6 Å². The molecular formula is C20H17F3N2O4. The second-order valence-electron chi connectivity index (χ2n) is 6.75. The summed E-state index contributed by atoms with van der Waals surface area (Å²) in [6, 6.07) is 9.04. The summed E-state index contributed by atoms with van der Waals surface area (Å²) in [6.45, 7) is 1.00. The Hall–Kier alpha value is -3.23. The normalized spacial score (nSPS) is 18.7. The maximum absolute atomic E-state index is 13.1. The first-order valence-electron chi connectivity index (χ1n) is 9.00. The molecule has 0 bridgehead atoms. The first-order valence-corrected chi connectivity index (χ1v) is 9.00. The fourth-order valence-electron chi connectivity index (χ4n) is 3.45. The van der Waals surface area contributed by atoms with Crippen molar-refractivity contribution in [3.05, 3.63) is 53.6 Å². The third-order valence-corrected chi connectivity index (χ3v) is 4.77. The van der Waals surface area contributed by atoms with E-state index in [4.69, 9.17) is 9.47 Å². The number of nitrogens with one attached hydrogen (secondary N) is 1. The summed E-state index contributed by atoms with van der Waals surface area (Å²) in [5.41, 5.74) is -0.901. The SMILES string of the molecule is O=C(N[C@H]1CC(=O)N(c2ccc3c(c2)OCCO3)C1)c1ccccc1C(F)(F)F. The number of carbonyl (C=O) groups excluding carboxylic acids is 2. The molecule has 2 aromatic rings. The van der Waals surface area contributed by atoms with Gasteiger partial charge in [0.05, 0.1) is 17.2 Å². The summed E-state index contributed by atoms with van der Waals surface area (Å²) in [4.78, 5) is 26.3. The highest BCUT2D eigenvalue weighted by Gasteiger charge is 2.37. The molecule has 0 aliphatic carbocycles. The molecule has 2 heterocycles. The Labute approximate surface area is 164 Å².